The van der Waals surface area contributed by atoms with Crippen molar-refractivity contribution in [1.29, 1.82) is 0 Å². The van der Waals surface area contributed by atoms with Crippen LogP contribution in [0.2, 0.25) is 0 Å². The van der Waals surface area contributed by atoms with Gasteiger partial charge in [-0.2, -0.15) is 0 Å². The van der Waals surface area contributed by atoms with Crippen LogP contribution in [-0.4, -0.2) is 51.1 Å². The second-order valence-electron chi connectivity index (χ2n) is 4.36. The van der Waals surface area contributed by atoms with Crippen molar-refractivity contribution in [2.75, 3.05) is 18.1 Å². The number of hydrogen-bond donors (Lipinski definition) is 1. The fourth-order valence-corrected chi connectivity index (χ4v) is 2.81. The van der Waals surface area contributed by atoms with E-state index in [1.165, 1.54) is 0 Å². The molecule has 1 fully saturated rings. The highest BCUT2D eigenvalue weighted by Crippen LogP contribution is 2.14. The quantitative estimate of drug-likeness (QED) is 0.756. The predicted molar refractivity (Wildman–Crippen MR) is 71.6 cm³/mol. The summed E-state index contributed by atoms with van der Waals surface area (Å²) in [5, 5.41) is 2.74. The summed E-state index contributed by atoms with van der Waals surface area (Å²) in [6.07, 6.45) is 1.18. The highest BCUT2D eigenvalue weighted by atomic mass is 32.2. The summed E-state index contributed by atoms with van der Waals surface area (Å²) < 4.78 is 11.5. The van der Waals surface area contributed by atoms with Gasteiger partial charge in [-0.25, -0.2) is 0 Å². The van der Waals surface area contributed by atoms with E-state index in [2.05, 4.69) is 5.32 Å². The molecule has 0 saturated carbocycles. The SMILES string of the molecule is CCC1NC(=O)C(CC)N(CCS(=O)CC)C1=O. The molecule has 1 aliphatic heterocycles. The Morgan fingerprint density at radius 2 is 1.89 bits per heavy atom. The minimum Gasteiger partial charge on any atom is -0.343 e. The molecule has 5 nitrogen and oxygen atoms in total. The second-order valence-corrected chi connectivity index (χ2v) is 6.22. The van der Waals surface area contributed by atoms with Crippen molar-refractivity contribution >= 4 is 22.6 Å². The van der Waals surface area contributed by atoms with Gasteiger partial charge in [0.1, 0.15) is 12.1 Å². The van der Waals surface area contributed by atoms with Crippen molar-refractivity contribution in [3.8, 4) is 0 Å². The molecule has 1 aliphatic rings. The molecule has 0 aromatic rings. The standard InChI is InChI=1S/C12H22N2O3S/c1-4-9-12(16)14(7-8-18(17)6-3)10(5-2)11(15)13-9/h9-10H,4-8H2,1-3H3,(H,13,15). The molecule has 0 bridgehead atoms. The summed E-state index contributed by atoms with van der Waals surface area (Å²) in [5.41, 5.74) is 0. The normalized spacial score (nSPS) is 26.1. The van der Waals surface area contributed by atoms with Crippen molar-refractivity contribution in [1.82, 2.24) is 10.2 Å². The summed E-state index contributed by atoms with van der Waals surface area (Å²) in [7, 11) is -0.911. The maximum Gasteiger partial charge on any atom is 0.245 e. The third-order valence-corrected chi connectivity index (χ3v) is 4.54. The Labute approximate surface area is 111 Å². The van der Waals surface area contributed by atoms with E-state index in [0.29, 0.717) is 30.9 Å². The first-order valence-electron chi connectivity index (χ1n) is 6.50. The van der Waals surface area contributed by atoms with Gasteiger partial charge in [-0.05, 0) is 12.8 Å². The van der Waals surface area contributed by atoms with Crippen molar-refractivity contribution in [2.24, 2.45) is 0 Å². The lowest BCUT2D eigenvalue weighted by molar-refractivity contribution is -0.149. The van der Waals surface area contributed by atoms with Crippen LogP contribution in [0.4, 0.5) is 0 Å². The number of nitrogens with one attached hydrogen (secondary N) is 1. The van der Waals surface area contributed by atoms with Gasteiger partial charge >= 0.3 is 0 Å². The summed E-state index contributed by atoms with van der Waals surface area (Å²) in [4.78, 5) is 25.7. The predicted octanol–water partition coefficient (Wildman–Crippen LogP) is 0.271. The smallest absolute Gasteiger partial charge is 0.245 e. The van der Waals surface area contributed by atoms with Gasteiger partial charge in [0.2, 0.25) is 11.8 Å². The third-order valence-electron chi connectivity index (χ3n) is 3.25. The molecule has 6 heteroatoms. The Morgan fingerprint density at radius 3 is 2.39 bits per heavy atom. The van der Waals surface area contributed by atoms with Gasteiger partial charge in [-0.3, -0.25) is 13.8 Å². The van der Waals surface area contributed by atoms with Crippen molar-refractivity contribution in [2.45, 2.75) is 45.7 Å². The fraction of sp³-hybridized carbons (Fsp3) is 0.833. The Hall–Kier alpha value is -0.910. The Kier molecular flexibility index (Phi) is 5.78. The van der Waals surface area contributed by atoms with Crippen molar-refractivity contribution in [3.05, 3.63) is 0 Å². The van der Waals surface area contributed by atoms with Crippen LogP contribution in [-0.2, 0) is 20.4 Å². The molecule has 0 aromatic heterocycles. The molecule has 1 saturated heterocycles. The summed E-state index contributed by atoms with van der Waals surface area (Å²) >= 11 is 0. The fourth-order valence-electron chi connectivity index (χ4n) is 2.12. The van der Waals surface area contributed by atoms with E-state index in [4.69, 9.17) is 0 Å². The zero-order chi connectivity index (χ0) is 13.7. The molecular formula is C12H22N2O3S. The average molecular weight is 274 g/mol. The monoisotopic (exact) mass is 274 g/mol. The molecule has 2 amide bonds. The minimum atomic E-state index is -0.911. The average Bonchev–Trinajstić information content (AvgIpc) is 2.38. The largest absolute Gasteiger partial charge is 0.343 e. The van der Waals surface area contributed by atoms with Gasteiger partial charge in [0.15, 0.2) is 0 Å². The number of piperazine rings is 1. The van der Waals surface area contributed by atoms with Crippen LogP contribution in [0.25, 0.3) is 0 Å². The van der Waals surface area contributed by atoms with Gasteiger partial charge in [-0.1, -0.05) is 20.8 Å². The Balaban J connectivity index is 2.76. The minimum absolute atomic E-state index is 0.0444. The van der Waals surface area contributed by atoms with E-state index in [1.807, 2.05) is 20.8 Å². The zero-order valence-electron chi connectivity index (χ0n) is 11.3. The topological polar surface area (TPSA) is 66.5 Å². The van der Waals surface area contributed by atoms with Gasteiger partial charge in [0.25, 0.3) is 0 Å². The molecule has 1 N–H and O–H groups in total. The van der Waals surface area contributed by atoms with Gasteiger partial charge in [0.05, 0.1) is 0 Å². The van der Waals surface area contributed by atoms with E-state index in [0.717, 1.165) is 0 Å². The van der Waals surface area contributed by atoms with Gasteiger partial charge in [-0.15, -0.1) is 0 Å². The molecule has 1 rings (SSSR count). The number of nitrogens with zero attached hydrogens (tertiary/aromatic N) is 1. The number of hydrogen-bond acceptors (Lipinski definition) is 3. The molecule has 1 heterocycles. The summed E-state index contributed by atoms with van der Waals surface area (Å²) in [5.74, 6) is 0.897. The Morgan fingerprint density at radius 1 is 1.22 bits per heavy atom. The number of carbonyl (C=O) groups is 2. The number of amides is 2. The highest BCUT2D eigenvalue weighted by molar-refractivity contribution is 7.84. The van der Waals surface area contributed by atoms with Crippen LogP contribution in [0.5, 0.6) is 0 Å². The van der Waals surface area contributed by atoms with E-state index in [1.54, 1.807) is 4.90 Å². The first-order valence-corrected chi connectivity index (χ1v) is 7.99. The lowest BCUT2D eigenvalue weighted by Gasteiger charge is -2.38. The van der Waals surface area contributed by atoms with Gasteiger partial charge < -0.3 is 10.2 Å². The molecule has 18 heavy (non-hydrogen) atoms. The third kappa shape index (κ3) is 3.31. The molecule has 0 aliphatic carbocycles. The van der Waals surface area contributed by atoms with Crippen LogP contribution in [0, 0.1) is 0 Å². The molecule has 0 radical (unpaired) electrons. The lowest BCUT2D eigenvalue weighted by Crippen LogP contribution is -2.63. The van der Waals surface area contributed by atoms with Crippen LogP contribution in [0.3, 0.4) is 0 Å². The second kappa shape index (κ2) is 6.87. The Bertz CT molecular complexity index is 346. The van der Waals surface area contributed by atoms with E-state index >= 15 is 0 Å². The van der Waals surface area contributed by atoms with E-state index < -0.39 is 22.9 Å². The molecule has 104 valence electrons. The first-order chi connectivity index (χ1) is 8.54. The molecule has 0 spiro atoms. The molecule has 3 atom stereocenters. The molecule has 0 aromatic carbocycles. The van der Waals surface area contributed by atoms with Crippen molar-refractivity contribution in [3.63, 3.8) is 0 Å². The zero-order valence-corrected chi connectivity index (χ0v) is 12.1. The maximum atomic E-state index is 12.2. The number of carbonyl (C=O) groups excluding carboxylic acids is 2. The van der Waals surface area contributed by atoms with Crippen LogP contribution < -0.4 is 5.32 Å². The maximum absolute atomic E-state index is 12.2. The van der Waals surface area contributed by atoms with E-state index in [9.17, 15) is 13.8 Å². The van der Waals surface area contributed by atoms with E-state index in [-0.39, 0.29) is 11.8 Å². The molecule has 3 unspecified atom stereocenters. The highest BCUT2D eigenvalue weighted by Gasteiger charge is 2.38. The first kappa shape index (κ1) is 15.1. The summed E-state index contributed by atoms with van der Waals surface area (Å²) in [6, 6.07) is -0.829. The molecular weight excluding hydrogens is 252 g/mol. The number of rotatable bonds is 6. The lowest BCUT2D eigenvalue weighted by atomic mass is 10.0. The van der Waals surface area contributed by atoms with Crippen LogP contribution >= 0.6 is 0 Å². The van der Waals surface area contributed by atoms with Crippen LogP contribution in [0.1, 0.15) is 33.6 Å². The van der Waals surface area contributed by atoms with Crippen molar-refractivity contribution < 1.29 is 13.8 Å². The summed E-state index contributed by atoms with van der Waals surface area (Å²) in [6.45, 7) is 6.01. The van der Waals surface area contributed by atoms with Crippen LogP contribution in [0.15, 0.2) is 0 Å². The van der Waals surface area contributed by atoms with Gasteiger partial charge in [0, 0.05) is 28.9 Å².